The maximum atomic E-state index is 4.23. The maximum absolute atomic E-state index is 4.23. The lowest BCUT2D eigenvalue weighted by molar-refractivity contribution is 1.17. The Morgan fingerprint density at radius 3 is 1.35 bits per heavy atom. The van der Waals surface area contributed by atoms with Gasteiger partial charge >= 0.3 is 0 Å². The second-order valence-electron chi connectivity index (χ2n) is 8.48. The van der Waals surface area contributed by atoms with Crippen LogP contribution in [0.15, 0.2) is 110 Å². The number of hydrogen-bond donors (Lipinski definition) is 0. The second-order valence-corrected chi connectivity index (χ2v) is 8.48. The molecule has 0 saturated heterocycles. The van der Waals surface area contributed by atoms with Gasteiger partial charge in [-0.05, 0) is 54.6 Å². The third-order valence-corrected chi connectivity index (χ3v) is 6.63. The topological polar surface area (TPSA) is 51.6 Å². The summed E-state index contributed by atoms with van der Waals surface area (Å²) in [5.41, 5.74) is 6.73. The first kappa shape index (κ1) is 18.8. The molecule has 0 N–H and O–H groups in total. The first-order valence-corrected chi connectivity index (χ1v) is 11.2. The van der Waals surface area contributed by atoms with Crippen LogP contribution in [-0.4, -0.2) is 19.9 Å². The van der Waals surface area contributed by atoms with Gasteiger partial charge in [0, 0.05) is 35.9 Å². The molecule has 4 nitrogen and oxygen atoms in total. The summed E-state index contributed by atoms with van der Waals surface area (Å²) in [5.74, 6) is 0. The van der Waals surface area contributed by atoms with Crippen LogP contribution in [0.5, 0.6) is 0 Å². The van der Waals surface area contributed by atoms with Gasteiger partial charge in [-0.2, -0.15) is 0 Å². The van der Waals surface area contributed by atoms with E-state index in [0.29, 0.717) is 0 Å². The highest BCUT2D eigenvalue weighted by Crippen LogP contribution is 2.42. The molecule has 5 aromatic carbocycles. The van der Waals surface area contributed by atoms with Crippen molar-refractivity contribution in [3.8, 4) is 33.4 Å². The van der Waals surface area contributed by atoms with E-state index in [1.807, 2.05) is 24.8 Å². The predicted octanol–water partition coefficient (Wildman–Crippen LogP) is 7.17. The van der Waals surface area contributed by atoms with Gasteiger partial charge in [-0.3, -0.25) is 0 Å². The molecule has 0 radical (unpaired) electrons. The number of rotatable bonds is 3. The lowest BCUT2D eigenvalue weighted by Crippen LogP contribution is -1.90. The zero-order valence-corrected chi connectivity index (χ0v) is 18.2. The molecule has 0 aliphatic rings. The Labute approximate surface area is 196 Å². The minimum Gasteiger partial charge on any atom is -0.244 e. The molecule has 7 rings (SSSR count). The molecule has 0 amide bonds. The van der Waals surface area contributed by atoms with Crippen LogP contribution < -0.4 is 0 Å². The predicted molar refractivity (Wildman–Crippen MR) is 138 cm³/mol. The SMILES string of the molecule is c1ncc(-c2ccc(-c3ccc4ccc5c(-c6cncnc6)ccc6ccc3c4c65)cc2)cn1. The zero-order valence-electron chi connectivity index (χ0n) is 18.2. The zero-order chi connectivity index (χ0) is 22.5. The van der Waals surface area contributed by atoms with Crippen molar-refractivity contribution in [3.63, 3.8) is 0 Å². The smallest absolute Gasteiger partial charge is 0.115 e. The number of hydrogen-bond acceptors (Lipinski definition) is 4. The molecule has 0 bridgehead atoms. The van der Waals surface area contributed by atoms with Crippen LogP contribution in [0.4, 0.5) is 0 Å². The van der Waals surface area contributed by atoms with E-state index >= 15 is 0 Å². The molecule has 0 fully saturated rings. The molecule has 0 spiro atoms. The van der Waals surface area contributed by atoms with Crippen molar-refractivity contribution in [1.29, 1.82) is 0 Å². The Bertz CT molecular complexity index is 1780. The highest BCUT2D eigenvalue weighted by molar-refractivity contribution is 6.27. The standard InChI is InChI=1S/C30H18N4/c1-3-20(4-2-19(1)23-13-31-17-32-14-23)25-9-5-21-8-12-28-26(24-15-33-18-34-16-24)10-6-22-7-11-27(25)29(21)30(22)28/h1-18H. The van der Waals surface area contributed by atoms with E-state index in [1.54, 1.807) is 12.7 Å². The molecule has 2 aromatic heterocycles. The van der Waals surface area contributed by atoms with Crippen molar-refractivity contribution in [2.75, 3.05) is 0 Å². The molecule has 2 heterocycles. The van der Waals surface area contributed by atoms with E-state index in [4.69, 9.17) is 0 Å². The molecule has 0 saturated carbocycles. The van der Waals surface area contributed by atoms with Crippen LogP contribution in [0.1, 0.15) is 0 Å². The second kappa shape index (κ2) is 7.42. The average Bonchev–Trinajstić information content (AvgIpc) is 2.92. The third-order valence-electron chi connectivity index (χ3n) is 6.63. The number of nitrogens with zero attached hydrogens (tertiary/aromatic N) is 4. The molecule has 0 aliphatic carbocycles. The van der Waals surface area contributed by atoms with E-state index in [1.165, 1.54) is 43.4 Å². The van der Waals surface area contributed by atoms with Crippen molar-refractivity contribution < 1.29 is 0 Å². The van der Waals surface area contributed by atoms with Crippen LogP contribution in [-0.2, 0) is 0 Å². The molecular weight excluding hydrogens is 416 g/mol. The fourth-order valence-electron chi connectivity index (χ4n) is 5.03. The normalized spacial score (nSPS) is 11.5. The Hall–Kier alpha value is -4.70. The minimum atomic E-state index is 1.02. The van der Waals surface area contributed by atoms with Gasteiger partial charge in [0.15, 0.2) is 0 Å². The molecule has 0 atom stereocenters. The third kappa shape index (κ3) is 2.86. The number of benzene rings is 5. The van der Waals surface area contributed by atoms with Gasteiger partial charge < -0.3 is 0 Å². The summed E-state index contributed by atoms with van der Waals surface area (Å²) in [5, 5.41) is 7.56. The Morgan fingerprint density at radius 1 is 0.353 bits per heavy atom. The molecular formula is C30H18N4. The summed E-state index contributed by atoms with van der Waals surface area (Å²) in [6.45, 7) is 0. The molecule has 4 heteroatoms. The summed E-state index contributed by atoms with van der Waals surface area (Å²) in [6, 6.07) is 26.4. The maximum Gasteiger partial charge on any atom is 0.115 e. The average molecular weight is 435 g/mol. The molecule has 158 valence electrons. The first-order valence-electron chi connectivity index (χ1n) is 11.2. The van der Waals surface area contributed by atoms with Crippen LogP contribution in [0.25, 0.3) is 65.7 Å². The molecule has 7 aromatic rings. The van der Waals surface area contributed by atoms with E-state index in [2.05, 4.69) is 92.7 Å². The van der Waals surface area contributed by atoms with E-state index < -0.39 is 0 Å². The van der Waals surface area contributed by atoms with Crippen molar-refractivity contribution in [2.24, 2.45) is 0 Å². The highest BCUT2D eigenvalue weighted by atomic mass is 14.8. The molecule has 34 heavy (non-hydrogen) atoms. The van der Waals surface area contributed by atoms with Crippen LogP contribution in [0.2, 0.25) is 0 Å². The largest absolute Gasteiger partial charge is 0.244 e. The van der Waals surface area contributed by atoms with Gasteiger partial charge in [0.1, 0.15) is 12.7 Å². The summed E-state index contributed by atoms with van der Waals surface area (Å²) in [7, 11) is 0. The van der Waals surface area contributed by atoms with Gasteiger partial charge in [0.2, 0.25) is 0 Å². The van der Waals surface area contributed by atoms with Crippen molar-refractivity contribution in [1.82, 2.24) is 19.9 Å². The quantitative estimate of drug-likeness (QED) is 0.277. The monoisotopic (exact) mass is 434 g/mol. The number of aromatic nitrogens is 4. The molecule has 0 unspecified atom stereocenters. The summed E-state index contributed by atoms with van der Waals surface area (Å²) in [6.07, 6.45) is 10.6. The van der Waals surface area contributed by atoms with Gasteiger partial charge in [-0.1, -0.05) is 72.8 Å². The minimum absolute atomic E-state index is 1.02. The van der Waals surface area contributed by atoms with Crippen molar-refractivity contribution >= 4 is 32.3 Å². The van der Waals surface area contributed by atoms with Crippen LogP contribution >= 0.6 is 0 Å². The summed E-state index contributed by atoms with van der Waals surface area (Å²) in [4.78, 5) is 16.7. The fourth-order valence-corrected chi connectivity index (χ4v) is 5.03. The van der Waals surface area contributed by atoms with Crippen molar-refractivity contribution in [2.45, 2.75) is 0 Å². The van der Waals surface area contributed by atoms with E-state index in [9.17, 15) is 0 Å². The van der Waals surface area contributed by atoms with Gasteiger partial charge in [-0.25, -0.2) is 19.9 Å². The Morgan fingerprint density at radius 2 is 0.794 bits per heavy atom. The molecule has 0 aliphatic heterocycles. The van der Waals surface area contributed by atoms with E-state index in [0.717, 1.165) is 22.3 Å². The Kier molecular flexibility index (Phi) is 4.11. The lowest BCUT2D eigenvalue weighted by Gasteiger charge is -2.16. The highest BCUT2D eigenvalue weighted by Gasteiger charge is 2.15. The van der Waals surface area contributed by atoms with Gasteiger partial charge in [-0.15, -0.1) is 0 Å². The van der Waals surface area contributed by atoms with Crippen molar-refractivity contribution in [3.05, 3.63) is 110 Å². The van der Waals surface area contributed by atoms with Crippen LogP contribution in [0, 0.1) is 0 Å². The summed E-state index contributed by atoms with van der Waals surface area (Å²) >= 11 is 0. The van der Waals surface area contributed by atoms with Gasteiger partial charge in [0.05, 0.1) is 0 Å². The Balaban J connectivity index is 1.46. The fraction of sp³-hybridized carbons (Fsp3) is 0. The van der Waals surface area contributed by atoms with Crippen LogP contribution in [0.3, 0.4) is 0 Å². The lowest BCUT2D eigenvalue weighted by atomic mass is 9.87. The summed E-state index contributed by atoms with van der Waals surface area (Å²) < 4.78 is 0. The first-order chi connectivity index (χ1) is 16.9. The van der Waals surface area contributed by atoms with E-state index in [-0.39, 0.29) is 0 Å². The van der Waals surface area contributed by atoms with Gasteiger partial charge in [0.25, 0.3) is 0 Å².